The molecule has 0 amide bonds. The molecule has 2 heterocycles. The van der Waals surface area contributed by atoms with E-state index in [4.69, 9.17) is 0 Å². The monoisotopic (exact) mass is 314 g/mol. The second kappa shape index (κ2) is 5.15. The fourth-order valence-electron chi connectivity index (χ4n) is 2.37. The lowest BCUT2D eigenvalue weighted by atomic mass is 10.3. The molecule has 3 rings (SSSR count). The molecule has 1 aliphatic rings. The fraction of sp³-hybridized carbons (Fsp3) is 0.333. The van der Waals surface area contributed by atoms with Crippen molar-refractivity contribution in [3.8, 4) is 0 Å². The first kappa shape index (κ1) is 14.1. The van der Waals surface area contributed by atoms with Gasteiger partial charge in [0.1, 0.15) is 16.5 Å². The smallest absolute Gasteiger partial charge is 0.246 e. The van der Waals surface area contributed by atoms with E-state index in [1.807, 2.05) is 0 Å². The molecule has 9 heteroatoms. The van der Waals surface area contributed by atoms with Crippen molar-refractivity contribution in [1.29, 1.82) is 0 Å². The van der Waals surface area contributed by atoms with Crippen molar-refractivity contribution in [3.05, 3.63) is 42.2 Å². The minimum Gasteiger partial charge on any atom is -0.248 e. The predicted molar refractivity (Wildman–Crippen MR) is 68.8 cm³/mol. The van der Waals surface area contributed by atoms with Gasteiger partial charge in [-0.3, -0.25) is 0 Å². The lowest BCUT2D eigenvalue weighted by Crippen LogP contribution is -2.30. The zero-order valence-electron chi connectivity index (χ0n) is 10.9. The summed E-state index contributed by atoms with van der Waals surface area (Å²) < 4.78 is 54.4. The number of rotatable bonds is 3. The van der Waals surface area contributed by atoms with E-state index >= 15 is 0 Å². The minimum absolute atomic E-state index is 0.154. The van der Waals surface area contributed by atoms with Crippen LogP contribution >= 0.6 is 0 Å². The Morgan fingerprint density at radius 2 is 2.10 bits per heavy atom. The number of benzene rings is 1. The van der Waals surface area contributed by atoms with Crippen LogP contribution in [0.1, 0.15) is 12.5 Å². The number of nitrogens with zero attached hydrogens (tertiary/aromatic N) is 4. The third-order valence-electron chi connectivity index (χ3n) is 3.45. The molecule has 112 valence electrons. The summed E-state index contributed by atoms with van der Waals surface area (Å²) >= 11 is 0. The second-order valence-corrected chi connectivity index (χ2v) is 6.67. The van der Waals surface area contributed by atoms with Gasteiger partial charge >= 0.3 is 0 Å². The second-order valence-electron chi connectivity index (χ2n) is 4.76. The molecule has 0 spiro atoms. The Bertz CT molecular complexity index is 749. The van der Waals surface area contributed by atoms with Gasteiger partial charge in [-0.15, -0.1) is 5.10 Å². The maximum atomic E-state index is 13.7. The summed E-state index contributed by atoms with van der Waals surface area (Å²) in [6, 6.07) is 2.25. The Morgan fingerprint density at radius 3 is 2.81 bits per heavy atom. The molecular formula is C12H12F2N4O2S. The molecule has 0 aliphatic carbocycles. The van der Waals surface area contributed by atoms with Crippen LogP contribution in [-0.4, -0.2) is 40.8 Å². The Balaban J connectivity index is 1.88. The van der Waals surface area contributed by atoms with Crippen molar-refractivity contribution in [3.63, 3.8) is 0 Å². The van der Waals surface area contributed by atoms with E-state index in [1.54, 1.807) is 10.9 Å². The average Bonchev–Trinajstić information content (AvgIpc) is 3.11. The molecule has 0 bridgehead atoms. The van der Waals surface area contributed by atoms with E-state index in [-0.39, 0.29) is 19.1 Å². The Hall–Kier alpha value is -1.87. The van der Waals surface area contributed by atoms with E-state index < -0.39 is 26.6 Å². The molecule has 0 saturated carbocycles. The van der Waals surface area contributed by atoms with Crippen LogP contribution in [-0.2, 0) is 10.0 Å². The minimum atomic E-state index is -4.06. The van der Waals surface area contributed by atoms with E-state index in [0.29, 0.717) is 12.5 Å². The zero-order valence-corrected chi connectivity index (χ0v) is 11.7. The molecule has 1 unspecified atom stereocenters. The summed E-state index contributed by atoms with van der Waals surface area (Å²) in [4.78, 5) is -0.637. The summed E-state index contributed by atoms with van der Waals surface area (Å²) in [5.74, 6) is -1.75. The average molecular weight is 314 g/mol. The van der Waals surface area contributed by atoms with Crippen LogP contribution in [0.3, 0.4) is 0 Å². The van der Waals surface area contributed by atoms with Crippen molar-refractivity contribution in [2.75, 3.05) is 13.1 Å². The first-order chi connectivity index (χ1) is 9.98. The van der Waals surface area contributed by atoms with Crippen molar-refractivity contribution >= 4 is 10.0 Å². The van der Waals surface area contributed by atoms with Crippen molar-refractivity contribution in [1.82, 2.24) is 19.3 Å². The van der Waals surface area contributed by atoms with E-state index in [2.05, 4.69) is 10.3 Å². The maximum Gasteiger partial charge on any atom is 0.246 e. The molecule has 0 radical (unpaired) electrons. The number of hydrogen-bond acceptors (Lipinski definition) is 4. The van der Waals surface area contributed by atoms with Gasteiger partial charge in [0.05, 0.1) is 12.2 Å². The first-order valence-corrected chi connectivity index (χ1v) is 7.73. The highest BCUT2D eigenvalue weighted by molar-refractivity contribution is 7.89. The van der Waals surface area contributed by atoms with Crippen LogP contribution in [0.4, 0.5) is 8.78 Å². The lowest BCUT2D eigenvalue weighted by Gasteiger charge is -2.17. The summed E-state index contributed by atoms with van der Waals surface area (Å²) in [6.07, 6.45) is 3.69. The van der Waals surface area contributed by atoms with E-state index in [0.717, 1.165) is 16.4 Å². The summed E-state index contributed by atoms with van der Waals surface area (Å²) in [7, 11) is -4.06. The third kappa shape index (κ3) is 2.54. The number of halogens is 2. The SMILES string of the molecule is O=S(=O)(c1cc(F)ccc1F)N1CCC(n2ccnn2)C1. The standard InChI is InChI=1S/C12H12F2N4O2S/c13-9-1-2-11(14)12(7-9)21(19,20)17-5-3-10(8-17)18-6-4-15-16-18/h1-2,4,6-7,10H,3,5,8H2. The van der Waals surface area contributed by atoms with E-state index in [1.165, 1.54) is 6.20 Å². The van der Waals surface area contributed by atoms with Gasteiger partial charge in [-0.2, -0.15) is 4.31 Å². The van der Waals surface area contributed by atoms with Crippen LogP contribution in [0.25, 0.3) is 0 Å². The van der Waals surface area contributed by atoms with Gasteiger partial charge in [0.2, 0.25) is 10.0 Å². The van der Waals surface area contributed by atoms with Gasteiger partial charge in [0, 0.05) is 19.3 Å². The van der Waals surface area contributed by atoms with Crippen molar-refractivity contribution < 1.29 is 17.2 Å². The van der Waals surface area contributed by atoms with Gasteiger partial charge in [-0.05, 0) is 24.6 Å². The topological polar surface area (TPSA) is 68.1 Å². The van der Waals surface area contributed by atoms with Crippen LogP contribution in [0.2, 0.25) is 0 Å². The highest BCUT2D eigenvalue weighted by Crippen LogP contribution is 2.28. The highest BCUT2D eigenvalue weighted by atomic mass is 32.2. The van der Waals surface area contributed by atoms with Crippen molar-refractivity contribution in [2.45, 2.75) is 17.4 Å². The van der Waals surface area contributed by atoms with Gasteiger partial charge < -0.3 is 0 Å². The zero-order chi connectivity index (χ0) is 15.0. The molecule has 1 saturated heterocycles. The molecule has 2 aromatic rings. The molecule has 1 aromatic heterocycles. The fourth-order valence-corrected chi connectivity index (χ4v) is 3.94. The van der Waals surface area contributed by atoms with Gasteiger partial charge in [0.15, 0.2) is 0 Å². The predicted octanol–water partition coefficient (Wildman–Crippen LogP) is 1.19. The normalized spacial score (nSPS) is 20.0. The Morgan fingerprint density at radius 1 is 1.29 bits per heavy atom. The Labute approximate surface area is 120 Å². The number of hydrogen-bond donors (Lipinski definition) is 0. The summed E-state index contributed by atoms with van der Waals surface area (Å²) in [6.45, 7) is 0.379. The Kier molecular flexibility index (Phi) is 3.46. The van der Waals surface area contributed by atoms with Crippen molar-refractivity contribution in [2.24, 2.45) is 0 Å². The molecule has 1 aliphatic heterocycles. The number of sulfonamides is 1. The first-order valence-electron chi connectivity index (χ1n) is 6.29. The van der Waals surface area contributed by atoms with Crippen LogP contribution in [0.5, 0.6) is 0 Å². The largest absolute Gasteiger partial charge is 0.248 e. The van der Waals surface area contributed by atoms with Gasteiger partial charge in [-0.25, -0.2) is 21.9 Å². The maximum absolute atomic E-state index is 13.7. The van der Waals surface area contributed by atoms with Gasteiger partial charge in [-0.1, -0.05) is 5.21 Å². The number of aromatic nitrogens is 3. The lowest BCUT2D eigenvalue weighted by molar-refractivity contribution is 0.425. The molecule has 6 nitrogen and oxygen atoms in total. The van der Waals surface area contributed by atoms with E-state index in [9.17, 15) is 17.2 Å². The van der Waals surface area contributed by atoms with Crippen LogP contribution in [0, 0.1) is 11.6 Å². The molecule has 21 heavy (non-hydrogen) atoms. The molecule has 0 N–H and O–H groups in total. The quantitative estimate of drug-likeness (QED) is 0.853. The van der Waals surface area contributed by atoms with Crippen LogP contribution in [0.15, 0.2) is 35.5 Å². The highest BCUT2D eigenvalue weighted by Gasteiger charge is 2.35. The molecular weight excluding hydrogens is 302 g/mol. The summed E-state index contributed by atoms with van der Waals surface area (Å²) in [5.41, 5.74) is 0. The molecule has 1 atom stereocenters. The van der Waals surface area contributed by atoms with Gasteiger partial charge in [0.25, 0.3) is 0 Å². The third-order valence-corrected chi connectivity index (χ3v) is 5.33. The summed E-state index contributed by atoms with van der Waals surface area (Å²) in [5, 5.41) is 7.50. The molecule has 1 aromatic carbocycles. The van der Waals surface area contributed by atoms with Crippen LogP contribution < -0.4 is 0 Å². The molecule has 1 fully saturated rings.